The molecule has 2 aromatic rings. The van der Waals surface area contributed by atoms with E-state index in [4.69, 9.17) is 11.5 Å². The summed E-state index contributed by atoms with van der Waals surface area (Å²) in [6.07, 6.45) is 0. The third-order valence-electron chi connectivity index (χ3n) is 2.71. The standard InChI is InChI=1S/C14H14N4O3S2/c1-7-5-22-14(17-7)23-6-11(19)18-10-3-8(12(15)20)2-9(4-10)13(16)21/h2-5H,6H2,1H3,(H2,15,20)(H2,16,21)(H,18,19). The number of carbonyl (C=O) groups is 3. The molecule has 1 aromatic heterocycles. The predicted octanol–water partition coefficient (Wildman–Crippen LogP) is 1.38. The number of nitrogens with two attached hydrogens (primary N) is 2. The van der Waals surface area contributed by atoms with Crippen LogP contribution < -0.4 is 16.8 Å². The highest BCUT2D eigenvalue weighted by Crippen LogP contribution is 2.22. The summed E-state index contributed by atoms with van der Waals surface area (Å²) in [5, 5.41) is 4.51. The van der Waals surface area contributed by atoms with E-state index >= 15 is 0 Å². The maximum absolute atomic E-state index is 12.0. The normalized spacial score (nSPS) is 10.3. The van der Waals surface area contributed by atoms with E-state index in [-0.39, 0.29) is 28.5 Å². The van der Waals surface area contributed by atoms with Crippen molar-refractivity contribution < 1.29 is 14.4 Å². The quantitative estimate of drug-likeness (QED) is 0.678. The maximum Gasteiger partial charge on any atom is 0.248 e. The van der Waals surface area contributed by atoms with Crippen molar-refractivity contribution in [1.29, 1.82) is 0 Å². The Morgan fingerprint density at radius 3 is 2.26 bits per heavy atom. The largest absolute Gasteiger partial charge is 0.366 e. The smallest absolute Gasteiger partial charge is 0.248 e. The van der Waals surface area contributed by atoms with Crippen LogP contribution in [0.1, 0.15) is 26.4 Å². The molecule has 0 fully saturated rings. The monoisotopic (exact) mass is 350 g/mol. The van der Waals surface area contributed by atoms with Crippen LogP contribution in [0.25, 0.3) is 0 Å². The van der Waals surface area contributed by atoms with Gasteiger partial charge in [0.1, 0.15) is 0 Å². The molecule has 3 amide bonds. The van der Waals surface area contributed by atoms with Crippen molar-refractivity contribution in [3.63, 3.8) is 0 Å². The summed E-state index contributed by atoms with van der Waals surface area (Å²) in [7, 11) is 0. The molecule has 5 N–H and O–H groups in total. The van der Waals surface area contributed by atoms with Crippen molar-refractivity contribution in [2.45, 2.75) is 11.3 Å². The van der Waals surface area contributed by atoms with E-state index in [0.717, 1.165) is 10.0 Å². The number of nitrogens with zero attached hydrogens (tertiary/aromatic N) is 1. The van der Waals surface area contributed by atoms with Gasteiger partial charge in [0, 0.05) is 27.9 Å². The minimum atomic E-state index is -0.712. The highest BCUT2D eigenvalue weighted by molar-refractivity contribution is 8.01. The first-order valence-corrected chi connectivity index (χ1v) is 8.31. The lowest BCUT2D eigenvalue weighted by atomic mass is 10.1. The highest BCUT2D eigenvalue weighted by atomic mass is 32.2. The van der Waals surface area contributed by atoms with Gasteiger partial charge >= 0.3 is 0 Å². The SMILES string of the molecule is Cc1csc(SCC(=O)Nc2cc(C(N)=O)cc(C(N)=O)c2)n1. The van der Waals surface area contributed by atoms with E-state index in [2.05, 4.69) is 10.3 Å². The van der Waals surface area contributed by atoms with Crippen LogP contribution in [0.4, 0.5) is 5.69 Å². The minimum absolute atomic E-state index is 0.0970. The Kier molecular flexibility index (Phi) is 5.35. The number of hydrogen-bond donors (Lipinski definition) is 3. The molecule has 23 heavy (non-hydrogen) atoms. The number of carbonyl (C=O) groups excluding carboxylic acids is 3. The summed E-state index contributed by atoms with van der Waals surface area (Å²) in [6.45, 7) is 1.88. The number of thiazole rings is 1. The van der Waals surface area contributed by atoms with E-state index in [1.807, 2.05) is 12.3 Å². The number of anilines is 1. The number of amides is 3. The molecule has 0 aliphatic rings. The summed E-state index contributed by atoms with van der Waals surface area (Å²) >= 11 is 2.76. The lowest BCUT2D eigenvalue weighted by molar-refractivity contribution is -0.113. The molecule has 0 aliphatic heterocycles. The van der Waals surface area contributed by atoms with Crippen molar-refractivity contribution in [3.05, 3.63) is 40.4 Å². The number of aromatic nitrogens is 1. The van der Waals surface area contributed by atoms with Crippen LogP contribution in [0.5, 0.6) is 0 Å². The highest BCUT2D eigenvalue weighted by Gasteiger charge is 2.12. The van der Waals surface area contributed by atoms with Crippen LogP contribution in [0, 0.1) is 6.92 Å². The van der Waals surface area contributed by atoms with Crippen molar-refractivity contribution in [2.24, 2.45) is 11.5 Å². The molecule has 0 bridgehead atoms. The summed E-state index contributed by atoms with van der Waals surface area (Å²) in [4.78, 5) is 38.8. The zero-order valence-corrected chi connectivity index (χ0v) is 13.8. The number of nitrogens with one attached hydrogen (secondary N) is 1. The van der Waals surface area contributed by atoms with Crippen LogP contribution in [0.15, 0.2) is 27.9 Å². The van der Waals surface area contributed by atoms with Gasteiger partial charge in [-0.1, -0.05) is 11.8 Å². The predicted molar refractivity (Wildman–Crippen MR) is 89.7 cm³/mol. The lowest BCUT2D eigenvalue weighted by Gasteiger charge is -2.08. The van der Waals surface area contributed by atoms with E-state index in [1.165, 1.54) is 41.3 Å². The number of aryl methyl sites for hydroxylation is 1. The lowest BCUT2D eigenvalue weighted by Crippen LogP contribution is -2.18. The van der Waals surface area contributed by atoms with Gasteiger partial charge in [-0.05, 0) is 25.1 Å². The summed E-state index contributed by atoms with van der Waals surface area (Å²) in [6, 6.07) is 4.07. The van der Waals surface area contributed by atoms with Gasteiger partial charge in [0.15, 0.2) is 4.34 Å². The molecule has 0 unspecified atom stereocenters. The van der Waals surface area contributed by atoms with Gasteiger partial charge < -0.3 is 16.8 Å². The third kappa shape index (κ3) is 4.80. The average molecular weight is 350 g/mol. The zero-order valence-electron chi connectivity index (χ0n) is 12.2. The van der Waals surface area contributed by atoms with Crippen molar-refractivity contribution in [2.75, 3.05) is 11.1 Å². The molecular weight excluding hydrogens is 336 g/mol. The molecule has 1 aromatic carbocycles. The van der Waals surface area contributed by atoms with Gasteiger partial charge in [-0.3, -0.25) is 14.4 Å². The van der Waals surface area contributed by atoms with Gasteiger partial charge in [0.05, 0.1) is 5.75 Å². The number of benzene rings is 1. The molecule has 0 aliphatic carbocycles. The first kappa shape index (κ1) is 17.0. The molecule has 120 valence electrons. The number of hydrogen-bond acceptors (Lipinski definition) is 6. The first-order valence-electron chi connectivity index (χ1n) is 6.44. The zero-order chi connectivity index (χ0) is 17.0. The van der Waals surface area contributed by atoms with Crippen LogP contribution in [0.3, 0.4) is 0 Å². The van der Waals surface area contributed by atoms with E-state index in [1.54, 1.807) is 0 Å². The van der Waals surface area contributed by atoms with E-state index in [0.29, 0.717) is 0 Å². The van der Waals surface area contributed by atoms with Gasteiger partial charge in [-0.2, -0.15) is 0 Å². The van der Waals surface area contributed by atoms with Gasteiger partial charge in [-0.15, -0.1) is 11.3 Å². The summed E-state index contributed by atoms with van der Waals surface area (Å²) in [5.41, 5.74) is 11.8. The molecular formula is C14H14N4O3S2. The number of thioether (sulfide) groups is 1. The molecule has 7 nitrogen and oxygen atoms in total. The maximum atomic E-state index is 12.0. The van der Waals surface area contributed by atoms with Crippen molar-refractivity contribution >= 4 is 46.5 Å². The Bertz CT molecular complexity index is 741. The molecule has 2 rings (SSSR count). The van der Waals surface area contributed by atoms with Gasteiger partial charge in [-0.25, -0.2) is 4.98 Å². The second-order valence-corrected chi connectivity index (χ2v) is 6.70. The summed E-state index contributed by atoms with van der Waals surface area (Å²) in [5.74, 6) is -1.56. The second kappa shape index (κ2) is 7.25. The fourth-order valence-corrected chi connectivity index (χ4v) is 3.36. The van der Waals surface area contributed by atoms with Gasteiger partial charge in [0.2, 0.25) is 17.7 Å². The Labute approximate surface area is 140 Å². The average Bonchev–Trinajstić information content (AvgIpc) is 2.90. The van der Waals surface area contributed by atoms with Crippen molar-refractivity contribution in [1.82, 2.24) is 4.98 Å². The van der Waals surface area contributed by atoms with E-state index < -0.39 is 11.8 Å². The molecule has 0 spiro atoms. The van der Waals surface area contributed by atoms with Crippen LogP contribution in [-0.4, -0.2) is 28.5 Å². The molecule has 0 saturated heterocycles. The minimum Gasteiger partial charge on any atom is -0.366 e. The Morgan fingerprint density at radius 2 is 1.78 bits per heavy atom. The van der Waals surface area contributed by atoms with Crippen molar-refractivity contribution in [3.8, 4) is 0 Å². The topological polar surface area (TPSA) is 128 Å². The molecule has 9 heteroatoms. The fraction of sp³-hybridized carbons (Fsp3) is 0.143. The molecule has 0 saturated carbocycles. The Balaban J connectivity index is 2.07. The number of rotatable bonds is 6. The van der Waals surface area contributed by atoms with E-state index in [9.17, 15) is 14.4 Å². The first-order chi connectivity index (χ1) is 10.8. The Morgan fingerprint density at radius 1 is 1.17 bits per heavy atom. The third-order valence-corrected chi connectivity index (χ3v) is 4.85. The van der Waals surface area contributed by atoms with Crippen LogP contribution in [0.2, 0.25) is 0 Å². The fourth-order valence-electron chi connectivity index (χ4n) is 1.71. The van der Waals surface area contributed by atoms with Crippen LogP contribution >= 0.6 is 23.1 Å². The Hall–Kier alpha value is -2.39. The van der Waals surface area contributed by atoms with Crippen LogP contribution in [-0.2, 0) is 4.79 Å². The molecule has 0 atom stereocenters. The van der Waals surface area contributed by atoms with Gasteiger partial charge in [0.25, 0.3) is 0 Å². The molecule has 1 heterocycles. The summed E-state index contributed by atoms with van der Waals surface area (Å²) < 4.78 is 0.793. The molecule has 0 radical (unpaired) electrons. The second-order valence-electron chi connectivity index (χ2n) is 4.62. The number of primary amides is 2.